The standard InChI is InChI=1S/C19H15Cl2N3O2S/c20-13-5-8-17(23-11-13)15-7-6-14(10-18(15)27(22)26)24-19(25)9-12-3-1-2-4-16(12)21/h1-8,10-11H,9,22H2,(H,24,25). The molecule has 8 heteroatoms. The smallest absolute Gasteiger partial charge is 0.228 e. The van der Waals surface area contributed by atoms with Crippen LogP contribution in [0, 0.1) is 0 Å². The minimum atomic E-state index is -1.76. The van der Waals surface area contributed by atoms with Gasteiger partial charge < -0.3 is 9.87 Å². The van der Waals surface area contributed by atoms with Crippen LogP contribution in [0.5, 0.6) is 0 Å². The number of nitrogens with zero attached hydrogens (tertiary/aromatic N) is 1. The number of aromatic nitrogens is 1. The molecule has 0 radical (unpaired) electrons. The first kappa shape index (κ1) is 19.7. The van der Waals surface area contributed by atoms with Gasteiger partial charge in [-0.1, -0.05) is 41.4 Å². The van der Waals surface area contributed by atoms with E-state index in [1.165, 1.54) is 6.20 Å². The maximum absolute atomic E-state index is 12.3. The number of nitrogens with one attached hydrogen (secondary N) is 1. The summed E-state index contributed by atoms with van der Waals surface area (Å²) >= 11 is 10.2. The first-order valence-corrected chi connectivity index (χ1v) is 9.86. The monoisotopic (exact) mass is 419 g/mol. The van der Waals surface area contributed by atoms with Crippen molar-refractivity contribution in [3.05, 3.63) is 76.4 Å². The largest absolute Gasteiger partial charge is 0.593 e. The van der Waals surface area contributed by atoms with Gasteiger partial charge in [0.25, 0.3) is 0 Å². The molecule has 0 saturated heterocycles. The Bertz CT molecular complexity index is 965. The second-order valence-corrected chi connectivity index (χ2v) is 7.56. The van der Waals surface area contributed by atoms with Crippen LogP contribution in [0.3, 0.4) is 0 Å². The van der Waals surface area contributed by atoms with Crippen molar-refractivity contribution in [2.75, 3.05) is 5.32 Å². The highest BCUT2D eigenvalue weighted by Crippen LogP contribution is 2.29. The minimum absolute atomic E-state index is 0.126. The fourth-order valence-corrected chi connectivity index (χ4v) is 3.48. The molecule has 1 unspecified atom stereocenters. The van der Waals surface area contributed by atoms with Gasteiger partial charge in [-0.2, -0.15) is 0 Å². The van der Waals surface area contributed by atoms with E-state index in [9.17, 15) is 9.35 Å². The molecule has 0 aliphatic carbocycles. The van der Waals surface area contributed by atoms with Crippen LogP contribution in [0.2, 0.25) is 10.0 Å². The Morgan fingerprint density at radius 3 is 2.59 bits per heavy atom. The molecule has 3 rings (SSSR count). The summed E-state index contributed by atoms with van der Waals surface area (Å²) in [6.07, 6.45) is 1.63. The second kappa shape index (κ2) is 8.73. The van der Waals surface area contributed by atoms with Crippen LogP contribution < -0.4 is 10.5 Å². The summed E-state index contributed by atoms with van der Waals surface area (Å²) in [5.74, 6) is -0.241. The lowest BCUT2D eigenvalue weighted by Crippen LogP contribution is -2.17. The number of rotatable bonds is 5. The van der Waals surface area contributed by atoms with E-state index in [2.05, 4.69) is 10.3 Å². The Labute approximate surface area is 169 Å². The van der Waals surface area contributed by atoms with Gasteiger partial charge in [0.1, 0.15) is 0 Å². The van der Waals surface area contributed by atoms with E-state index < -0.39 is 11.4 Å². The van der Waals surface area contributed by atoms with Crippen molar-refractivity contribution in [2.24, 2.45) is 5.14 Å². The van der Waals surface area contributed by atoms with Crippen LogP contribution in [-0.2, 0) is 22.6 Å². The Kier molecular flexibility index (Phi) is 6.36. The predicted octanol–water partition coefficient (Wildman–Crippen LogP) is 4.22. The topological polar surface area (TPSA) is 91.1 Å². The molecule has 138 valence electrons. The molecule has 1 amide bonds. The van der Waals surface area contributed by atoms with Crippen molar-refractivity contribution < 1.29 is 9.35 Å². The lowest BCUT2D eigenvalue weighted by molar-refractivity contribution is -0.115. The highest BCUT2D eigenvalue weighted by atomic mass is 35.5. The van der Waals surface area contributed by atoms with Gasteiger partial charge in [-0.05, 0) is 35.9 Å². The highest BCUT2D eigenvalue weighted by Gasteiger charge is 2.18. The van der Waals surface area contributed by atoms with Crippen molar-refractivity contribution in [1.29, 1.82) is 0 Å². The molecule has 1 atom stereocenters. The van der Waals surface area contributed by atoms with Crippen LogP contribution in [0.4, 0.5) is 5.69 Å². The molecule has 0 aliphatic heterocycles. The number of pyridine rings is 1. The van der Waals surface area contributed by atoms with Gasteiger partial charge >= 0.3 is 0 Å². The zero-order valence-corrected chi connectivity index (χ0v) is 16.3. The van der Waals surface area contributed by atoms with Gasteiger partial charge in [0, 0.05) is 23.0 Å². The van der Waals surface area contributed by atoms with E-state index in [0.29, 0.717) is 31.9 Å². The Hall–Kier alpha value is -2.09. The summed E-state index contributed by atoms with van der Waals surface area (Å²) < 4.78 is 12.0. The molecule has 1 heterocycles. The molecule has 0 bridgehead atoms. The van der Waals surface area contributed by atoms with Gasteiger partial charge in [0.05, 0.1) is 34.1 Å². The molecule has 27 heavy (non-hydrogen) atoms. The Balaban J connectivity index is 1.82. The van der Waals surface area contributed by atoms with Gasteiger partial charge in [-0.25, -0.2) is 0 Å². The third kappa shape index (κ3) is 5.00. The maximum Gasteiger partial charge on any atom is 0.228 e. The van der Waals surface area contributed by atoms with Crippen LogP contribution in [0.15, 0.2) is 65.7 Å². The summed E-state index contributed by atoms with van der Waals surface area (Å²) in [5, 5.41) is 9.41. The van der Waals surface area contributed by atoms with Crippen LogP contribution in [0.1, 0.15) is 5.56 Å². The highest BCUT2D eigenvalue weighted by molar-refractivity contribution is 7.89. The van der Waals surface area contributed by atoms with Gasteiger partial charge in [0.2, 0.25) is 5.91 Å². The molecule has 1 aromatic heterocycles. The second-order valence-electron chi connectivity index (χ2n) is 5.69. The average molecular weight is 420 g/mol. The molecular weight excluding hydrogens is 405 g/mol. The molecule has 0 spiro atoms. The third-order valence-corrected chi connectivity index (χ3v) is 5.16. The van der Waals surface area contributed by atoms with Gasteiger partial charge in [-0.3, -0.25) is 9.78 Å². The number of anilines is 1. The number of nitrogens with two attached hydrogens (primary N) is 1. The molecule has 3 aromatic rings. The lowest BCUT2D eigenvalue weighted by atomic mass is 10.1. The molecule has 3 N–H and O–H groups in total. The normalized spacial score (nSPS) is 11.9. The quantitative estimate of drug-likeness (QED) is 0.605. The van der Waals surface area contributed by atoms with E-state index in [0.717, 1.165) is 5.56 Å². The minimum Gasteiger partial charge on any atom is -0.593 e. The van der Waals surface area contributed by atoms with Crippen molar-refractivity contribution >= 4 is 46.2 Å². The SMILES string of the molecule is N[S+]([O-])c1cc(NC(=O)Cc2ccccc2Cl)ccc1-c1ccc(Cl)cn1. The van der Waals surface area contributed by atoms with E-state index in [1.807, 2.05) is 6.07 Å². The van der Waals surface area contributed by atoms with Crippen molar-refractivity contribution in [3.8, 4) is 11.3 Å². The van der Waals surface area contributed by atoms with Crippen LogP contribution in [0.25, 0.3) is 11.3 Å². The van der Waals surface area contributed by atoms with Crippen molar-refractivity contribution in [3.63, 3.8) is 0 Å². The zero-order valence-electron chi connectivity index (χ0n) is 14.0. The van der Waals surface area contributed by atoms with E-state index in [4.69, 9.17) is 28.3 Å². The van der Waals surface area contributed by atoms with Crippen molar-refractivity contribution in [2.45, 2.75) is 11.3 Å². The van der Waals surface area contributed by atoms with E-state index >= 15 is 0 Å². The number of hydrogen-bond donors (Lipinski definition) is 2. The van der Waals surface area contributed by atoms with Crippen molar-refractivity contribution in [1.82, 2.24) is 4.98 Å². The number of carbonyl (C=O) groups is 1. The number of amides is 1. The molecule has 2 aromatic carbocycles. The predicted molar refractivity (Wildman–Crippen MR) is 109 cm³/mol. The number of carbonyl (C=O) groups excluding carboxylic acids is 1. The summed E-state index contributed by atoms with van der Waals surface area (Å²) in [6.45, 7) is 0. The van der Waals surface area contributed by atoms with Crippen LogP contribution >= 0.6 is 23.2 Å². The van der Waals surface area contributed by atoms with E-state index in [1.54, 1.807) is 48.5 Å². The number of halogens is 2. The number of benzene rings is 2. The third-order valence-electron chi connectivity index (χ3n) is 3.79. The molecular formula is C19H15Cl2N3O2S. The fraction of sp³-hybridized carbons (Fsp3) is 0.0526. The van der Waals surface area contributed by atoms with E-state index in [-0.39, 0.29) is 12.3 Å². The molecule has 0 saturated carbocycles. The van der Waals surface area contributed by atoms with Gasteiger partial charge in [0.15, 0.2) is 4.90 Å². The first-order valence-electron chi connectivity index (χ1n) is 7.89. The average Bonchev–Trinajstić information content (AvgIpc) is 2.64. The maximum atomic E-state index is 12.3. The molecule has 0 aliphatic rings. The molecule has 0 fully saturated rings. The zero-order chi connectivity index (χ0) is 19.4. The van der Waals surface area contributed by atoms with Crippen LogP contribution in [-0.4, -0.2) is 15.4 Å². The summed E-state index contributed by atoms with van der Waals surface area (Å²) in [7, 11) is 0. The Morgan fingerprint density at radius 1 is 1.15 bits per heavy atom. The Morgan fingerprint density at radius 2 is 1.93 bits per heavy atom. The summed E-state index contributed by atoms with van der Waals surface area (Å²) in [6, 6.07) is 15.5. The lowest BCUT2D eigenvalue weighted by Gasteiger charge is -2.12. The summed E-state index contributed by atoms with van der Waals surface area (Å²) in [5.41, 5.74) is 2.40. The van der Waals surface area contributed by atoms with Gasteiger partial charge in [-0.15, -0.1) is 5.14 Å². The fourth-order valence-electron chi connectivity index (χ4n) is 2.53. The summed E-state index contributed by atoms with van der Waals surface area (Å²) in [4.78, 5) is 16.9. The first-order chi connectivity index (χ1) is 12.9. The molecule has 5 nitrogen and oxygen atoms in total. The number of hydrogen-bond acceptors (Lipinski definition) is 4.